The van der Waals surface area contributed by atoms with Crippen LogP contribution in [0.3, 0.4) is 0 Å². The monoisotopic (exact) mass is 342 g/mol. The van der Waals surface area contributed by atoms with Crippen LogP contribution in [0.25, 0.3) is 27.6 Å². The van der Waals surface area contributed by atoms with Crippen LogP contribution in [0.5, 0.6) is 5.75 Å². The number of benzene rings is 1. The number of pyridine rings is 2. The molecule has 26 heavy (non-hydrogen) atoms. The Morgan fingerprint density at radius 1 is 1.00 bits per heavy atom. The molecule has 0 spiro atoms. The van der Waals surface area contributed by atoms with E-state index in [2.05, 4.69) is 15.3 Å². The highest BCUT2D eigenvalue weighted by Crippen LogP contribution is 2.31. The van der Waals surface area contributed by atoms with Gasteiger partial charge in [-0.2, -0.15) is 0 Å². The first-order valence-corrected chi connectivity index (χ1v) is 8.10. The van der Waals surface area contributed by atoms with Gasteiger partial charge in [0.15, 0.2) is 5.65 Å². The average molecular weight is 342 g/mol. The maximum Gasteiger partial charge on any atom is 0.168 e. The van der Waals surface area contributed by atoms with Gasteiger partial charge in [0.25, 0.3) is 0 Å². The van der Waals surface area contributed by atoms with Crippen molar-refractivity contribution in [3.63, 3.8) is 0 Å². The standard InChI is InChI=1S/C19H14N6O/c1-26-13-4-2-3-12(9-13)22-18-14-5-7-20-10-15(14)17-19(24-18)25-11-21-8-6-16(25)23-17/h2-11H,1H3,(H,22,24). The Bertz CT molecular complexity index is 1260. The zero-order valence-electron chi connectivity index (χ0n) is 13.9. The number of imidazole rings is 1. The molecule has 126 valence electrons. The van der Waals surface area contributed by atoms with Gasteiger partial charge in [-0.05, 0) is 24.3 Å². The normalized spacial score (nSPS) is 11.3. The van der Waals surface area contributed by atoms with Crippen LogP contribution in [-0.2, 0) is 0 Å². The number of hydrogen-bond donors (Lipinski definition) is 1. The molecule has 1 aromatic carbocycles. The van der Waals surface area contributed by atoms with Crippen molar-refractivity contribution in [2.75, 3.05) is 12.4 Å². The molecular formula is C19H14N6O. The molecule has 0 saturated heterocycles. The van der Waals surface area contributed by atoms with Gasteiger partial charge in [0.05, 0.1) is 7.11 Å². The smallest absolute Gasteiger partial charge is 0.168 e. The van der Waals surface area contributed by atoms with E-state index in [0.29, 0.717) is 0 Å². The third-order valence-electron chi connectivity index (χ3n) is 4.29. The van der Waals surface area contributed by atoms with Crippen molar-refractivity contribution in [3.8, 4) is 5.75 Å². The van der Waals surface area contributed by atoms with Gasteiger partial charge in [-0.15, -0.1) is 0 Å². The summed E-state index contributed by atoms with van der Waals surface area (Å²) in [5, 5.41) is 5.28. The Morgan fingerprint density at radius 3 is 2.85 bits per heavy atom. The minimum atomic E-state index is 0.730. The summed E-state index contributed by atoms with van der Waals surface area (Å²) in [5.41, 5.74) is 3.23. The third kappa shape index (κ3) is 2.21. The maximum atomic E-state index is 5.30. The van der Waals surface area contributed by atoms with E-state index in [9.17, 15) is 0 Å². The van der Waals surface area contributed by atoms with Crippen LogP contribution < -0.4 is 10.1 Å². The highest BCUT2D eigenvalue weighted by Gasteiger charge is 2.14. The van der Waals surface area contributed by atoms with Crippen molar-refractivity contribution >= 4 is 39.1 Å². The van der Waals surface area contributed by atoms with Gasteiger partial charge in [0, 0.05) is 41.1 Å². The highest BCUT2D eigenvalue weighted by atomic mass is 16.5. The minimum Gasteiger partial charge on any atom is -0.497 e. The molecule has 0 aliphatic heterocycles. The van der Waals surface area contributed by atoms with Gasteiger partial charge >= 0.3 is 0 Å². The van der Waals surface area contributed by atoms with E-state index in [1.54, 1.807) is 25.8 Å². The zero-order chi connectivity index (χ0) is 17.5. The maximum absolute atomic E-state index is 5.30. The molecule has 1 N–H and O–H groups in total. The van der Waals surface area contributed by atoms with Crippen molar-refractivity contribution in [2.24, 2.45) is 0 Å². The van der Waals surface area contributed by atoms with E-state index in [-0.39, 0.29) is 0 Å². The van der Waals surface area contributed by atoms with Crippen LogP contribution in [0.4, 0.5) is 11.5 Å². The highest BCUT2D eigenvalue weighted by molar-refractivity contribution is 6.08. The second kappa shape index (κ2) is 5.66. The van der Waals surface area contributed by atoms with E-state index in [1.165, 1.54) is 0 Å². The van der Waals surface area contributed by atoms with Crippen molar-refractivity contribution in [1.29, 1.82) is 0 Å². The second-order valence-corrected chi connectivity index (χ2v) is 5.83. The van der Waals surface area contributed by atoms with Gasteiger partial charge in [0.2, 0.25) is 0 Å². The summed E-state index contributed by atoms with van der Waals surface area (Å²) < 4.78 is 7.18. The molecule has 0 aliphatic rings. The van der Waals surface area contributed by atoms with Crippen LogP contribution in [0, 0.1) is 0 Å². The molecule has 0 bridgehead atoms. The SMILES string of the molecule is COc1cccc(Nc2nc3c(nc4ccncn43)c3cnccc23)c1. The number of aromatic nitrogens is 5. The molecular weight excluding hydrogens is 328 g/mol. The van der Waals surface area contributed by atoms with Crippen LogP contribution in [0.1, 0.15) is 0 Å². The van der Waals surface area contributed by atoms with Crippen LogP contribution in [0.15, 0.2) is 61.3 Å². The fraction of sp³-hybridized carbons (Fsp3) is 0.0526. The predicted molar refractivity (Wildman–Crippen MR) is 99.9 cm³/mol. The Kier molecular flexibility index (Phi) is 3.18. The van der Waals surface area contributed by atoms with E-state index in [4.69, 9.17) is 14.7 Å². The van der Waals surface area contributed by atoms with Crippen LogP contribution >= 0.6 is 0 Å². The number of ether oxygens (including phenoxy) is 1. The molecule has 7 heteroatoms. The fourth-order valence-corrected chi connectivity index (χ4v) is 3.06. The molecule has 0 amide bonds. The number of nitrogens with one attached hydrogen (secondary N) is 1. The van der Waals surface area contributed by atoms with Crippen molar-refractivity contribution in [3.05, 3.63) is 61.3 Å². The number of methoxy groups -OCH3 is 1. The second-order valence-electron chi connectivity index (χ2n) is 5.83. The van der Waals surface area contributed by atoms with Gasteiger partial charge in [-0.3, -0.25) is 9.38 Å². The average Bonchev–Trinajstić information content (AvgIpc) is 3.07. The lowest BCUT2D eigenvalue weighted by molar-refractivity contribution is 0.415. The summed E-state index contributed by atoms with van der Waals surface area (Å²) in [6.07, 6.45) is 7.01. The van der Waals surface area contributed by atoms with Crippen molar-refractivity contribution in [1.82, 2.24) is 24.3 Å². The lowest BCUT2D eigenvalue weighted by atomic mass is 10.2. The summed E-state index contributed by atoms with van der Waals surface area (Å²) in [7, 11) is 1.65. The lowest BCUT2D eigenvalue weighted by Crippen LogP contribution is -1.98. The van der Waals surface area contributed by atoms with Crippen molar-refractivity contribution in [2.45, 2.75) is 0 Å². The summed E-state index contributed by atoms with van der Waals surface area (Å²) >= 11 is 0. The van der Waals surface area contributed by atoms with Crippen molar-refractivity contribution < 1.29 is 4.74 Å². The summed E-state index contributed by atoms with van der Waals surface area (Å²) in [6, 6.07) is 11.5. The van der Waals surface area contributed by atoms with Gasteiger partial charge in [-0.25, -0.2) is 15.0 Å². The molecule has 0 aliphatic carbocycles. The molecule has 5 aromatic rings. The zero-order valence-corrected chi connectivity index (χ0v) is 13.9. The van der Waals surface area contributed by atoms with E-state index >= 15 is 0 Å². The first kappa shape index (κ1) is 14.6. The largest absolute Gasteiger partial charge is 0.497 e. The van der Waals surface area contributed by atoms with Gasteiger partial charge in [-0.1, -0.05) is 6.07 Å². The van der Waals surface area contributed by atoms with Crippen LogP contribution in [-0.4, -0.2) is 31.4 Å². The molecule has 5 rings (SSSR count). The predicted octanol–water partition coefficient (Wildman–Crippen LogP) is 3.58. The van der Waals surface area contributed by atoms with E-state index < -0.39 is 0 Å². The summed E-state index contributed by atoms with van der Waals surface area (Å²) in [6.45, 7) is 0. The molecule has 0 unspecified atom stereocenters. The van der Waals surface area contributed by atoms with E-state index in [1.807, 2.05) is 47.0 Å². The number of anilines is 2. The fourth-order valence-electron chi connectivity index (χ4n) is 3.06. The Morgan fingerprint density at radius 2 is 1.92 bits per heavy atom. The lowest BCUT2D eigenvalue weighted by Gasteiger charge is -2.10. The van der Waals surface area contributed by atoms with E-state index in [0.717, 1.165) is 44.8 Å². The molecule has 4 aromatic heterocycles. The number of fused-ring (bicyclic) bond motifs is 5. The Labute approximate surface area is 148 Å². The van der Waals surface area contributed by atoms with Crippen LogP contribution in [0.2, 0.25) is 0 Å². The molecule has 0 atom stereocenters. The summed E-state index contributed by atoms with van der Waals surface area (Å²) in [5.74, 6) is 1.51. The van der Waals surface area contributed by atoms with Gasteiger partial charge in [0.1, 0.15) is 29.1 Å². The quantitative estimate of drug-likeness (QED) is 0.540. The molecule has 0 saturated carbocycles. The molecule has 4 heterocycles. The first-order valence-electron chi connectivity index (χ1n) is 8.10. The number of nitrogens with zero attached hydrogens (tertiary/aromatic N) is 5. The minimum absolute atomic E-state index is 0.730. The molecule has 0 radical (unpaired) electrons. The number of rotatable bonds is 3. The third-order valence-corrected chi connectivity index (χ3v) is 4.29. The molecule has 0 fully saturated rings. The van der Waals surface area contributed by atoms with Gasteiger partial charge < -0.3 is 10.1 Å². The topological polar surface area (TPSA) is 77.2 Å². The summed E-state index contributed by atoms with van der Waals surface area (Å²) in [4.78, 5) is 18.0. The Balaban J connectivity index is 1.78. The Hall–Kier alpha value is -3.74. The first-order chi connectivity index (χ1) is 12.8. The molecule has 7 nitrogen and oxygen atoms in total. The number of hydrogen-bond acceptors (Lipinski definition) is 6.